The molecular formula is C18H28Cl2N3O6PS2. The van der Waals surface area contributed by atoms with Crippen LogP contribution in [0.4, 0.5) is 0 Å². The number of alkyl halides is 2. The van der Waals surface area contributed by atoms with Crippen molar-refractivity contribution < 1.29 is 26.4 Å². The van der Waals surface area contributed by atoms with E-state index >= 15 is 0 Å². The van der Waals surface area contributed by atoms with Gasteiger partial charge >= 0.3 is 5.97 Å². The van der Waals surface area contributed by atoms with Gasteiger partial charge in [-0.25, -0.2) is 25.6 Å². The smallest absolute Gasteiger partial charge is 0.357 e. The predicted molar refractivity (Wildman–Crippen MR) is 131 cm³/mol. The van der Waals surface area contributed by atoms with Crippen molar-refractivity contribution in [2.75, 3.05) is 38.1 Å². The Morgan fingerprint density at radius 1 is 1.12 bits per heavy atom. The summed E-state index contributed by atoms with van der Waals surface area (Å²) in [6, 6.07) is 6.11. The molecule has 2 heterocycles. The van der Waals surface area contributed by atoms with E-state index < -0.39 is 31.3 Å². The minimum atomic E-state index is -4.12. The first kappa shape index (κ1) is 29.1. The summed E-state index contributed by atoms with van der Waals surface area (Å²) in [5, 5.41) is 3.41. The number of aromatic nitrogens is 1. The lowest BCUT2D eigenvalue weighted by Gasteiger charge is -2.26. The van der Waals surface area contributed by atoms with E-state index in [1.807, 2.05) is 13.8 Å². The normalized spacial score (nSPS) is 14.7. The van der Waals surface area contributed by atoms with Crippen LogP contribution < -0.4 is 5.32 Å². The van der Waals surface area contributed by atoms with Crippen LogP contribution in [-0.4, -0.2) is 69.2 Å². The molecule has 1 unspecified atom stereocenters. The first-order valence-electron chi connectivity index (χ1n) is 9.77. The number of carbonyl (C=O) groups excluding carboxylic acids is 1. The summed E-state index contributed by atoms with van der Waals surface area (Å²) in [5.41, 5.74) is -0.407. The Morgan fingerprint density at radius 2 is 1.66 bits per heavy atom. The van der Waals surface area contributed by atoms with Gasteiger partial charge in [0, 0.05) is 40.0 Å². The molecule has 1 aromatic carbocycles. The fourth-order valence-corrected chi connectivity index (χ4v) is 6.46. The maximum atomic E-state index is 13.3. The summed E-state index contributed by atoms with van der Waals surface area (Å²) in [6.07, 6.45) is 0. The Labute approximate surface area is 201 Å². The summed E-state index contributed by atoms with van der Waals surface area (Å²) >= 11 is 9.53. The number of esters is 1. The van der Waals surface area contributed by atoms with Crippen LogP contribution in [0.15, 0.2) is 29.2 Å². The summed E-state index contributed by atoms with van der Waals surface area (Å²) < 4.78 is 58.4. The minimum Gasteiger partial charge on any atom is -0.461 e. The van der Waals surface area contributed by atoms with Gasteiger partial charge in [0.2, 0.25) is 19.7 Å². The molecule has 32 heavy (non-hydrogen) atoms. The minimum absolute atomic E-state index is 0.0234. The molecule has 1 saturated heterocycles. The highest BCUT2D eigenvalue weighted by molar-refractivity contribution is 8.36. The zero-order valence-corrected chi connectivity index (χ0v) is 22.3. The van der Waals surface area contributed by atoms with E-state index in [2.05, 4.69) is 5.32 Å². The highest BCUT2D eigenvalue weighted by atomic mass is 35.5. The molecule has 0 saturated carbocycles. The van der Waals surface area contributed by atoms with E-state index in [0.717, 1.165) is 3.97 Å². The molecule has 0 aliphatic carbocycles. The largest absolute Gasteiger partial charge is 0.461 e. The number of carbonyl (C=O) groups is 1. The Balaban J connectivity index is 0.000000944. The number of para-hydroxylation sites is 1. The second kappa shape index (κ2) is 13.1. The van der Waals surface area contributed by atoms with E-state index in [1.54, 1.807) is 27.5 Å². The lowest BCUT2D eigenvalue weighted by Crippen LogP contribution is -2.46. The van der Waals surface area contributed by atoms with Gasteiger partial charge in [0.15, 0.2) is 5.69 Å². The number of hydrogen-bond donors (Lipinski definition) is 1. The van der Waals surface area contributed by atoms with Gasteiger partial charge in [0.1, 0.15) is 4.90 Å². The van der Waals surface area contributed by atoms with Crippen LogP contribution in [-0.2, 0) is 24.4 Å². The first-order valence-corrected chi connectivity index (χ1v) is 15.2. The number of halogens is 2. The van der Waals surface area contributed by atoms with Crippen molar-refractivity contribution >= 4 is 68.2 Å². The third-order valence-corrected chi connectivity index (χ3v) is 7.68. The Morgan fingerprint density at radius 3 is 2.16 bits per heavy atom. The molecule has 1 fully saturated rings. The molecule has 1 aliphatic heterocycles. The number of nitrogens with zero attached hydrogens (tertiary/aromatic N) is 2. The average molecular weight is 548 g/mol. The van der Waals surface area contributed by atoms with Crippen LogP contribution in [0.1, 0.15) is 31.3 Å². The Hall–Kier alpha value is -0.940. The van der Waals surface area contributed by atoms with Gasteiger partial charge in [-0.1, -0.05) is 32.0 Å². The number of nitrogens with one attached hydrogen (secondary N) is 1. The maximum Gasteiger partial charge on any atom is 0.357 e. The van der Waals surface area contributed by atoms with Crippen molar-refractivity contribution in [3.8, 4) is 0 Å². The zero-order chi connectivity index (χ0) is 24.5. The molecule has 0 bridgehead atoms. The summed E-state index contributed by atoms with van der Waals surface area (Å²) in [6.45, 7) is 6.91. The van der Waals surface area contributed by atoms with E-state index in [0.29, 0.717) is 13.1 Å². The van der Waals surface area contributed by atoms with E-state index in [9.17, 15) is 21.6 Å². The second-order valence-electron chi connectivity index (χ2n) is 5.98. The van der Waals surface area contributed by atoms with Crippen molar-refractivity contribution in [2.24, 2.45) is 0 Å². The first-order chi connectivity index (χ1) is 15.1. The van der Waals surface area contributed by atoms with Crippen LogP contribution in [0.2, 0.25) is 0 Å². The van der Waals surface area contributed by atoms with Gasteiger partial charge < -0.3 is 10.1 Å². The Bertz CT molecular complexity index is 1120. The van der Waals surface area contributed by atoms with Crippen LogP contribution in [0.25, 0.3) is 10.9 Å². The van der Waals surface area contributed by atoms with Crippen molar-refractivity contribution in [1.29, 1.82) is 0 Å². The molecule has 2 aromatic rings. The van der Waals surface area contributed by atoms with Crippen molar-refractivity contribution in [1.82, 2.24) is 13.6 Å². The monoisotopic (exact) mass is 547 g/mol. The highest BCUT2D eigenvalue weighted by Crippen LogP contribution is 2.35. The molecule has 0 spiro atoms. The molecule has 1 N–H and O–H groups in total. The zero-order valence-electron chi connectivity index (χ0n) is 18.0. The number of rotatable bonds is 5. The lowest BCUT2D eigenvalue weighted by molar-refractivity contribution is 0.0514. The molecule has 9 nitrogen and oxygen atoms in total. The molecular weight excluding hydrogens is 520 g/mol. The number of sulfonamides is 1. The topological polar surface area (TPSA) is 115 Å². The predicted octanol–water partition coefficient (Wildman–Crippen LogP) is 2.83. The number of fused-ring (bicyclic) bond motifs is 1. The van der Waals surface area contributed by atoms with Gasteiger partial charge in [-0.2, -0.15) is 4.31 Å². The van der Waals surface area contributed by atoms with Crippen LogP contribution in [0.5, 0.6) is 0 Å². The van der Waals surface area contributed by atoms with E-state index in [-0.39, 0.29) is 40.8 Å². The third kappa shape index (κ3) is 6.56. The fourth-order valence-electron chi connectivity index (χ4n) is 3.10. The standard InChI is InChI=1S/C15H20N3O6PS2.C2H6.CH2Cl2/c1-2-24-15(19)13-14(26(20,21)17-9-7-16-8-10-17)11-5-3-4-6-12(11)18(13)27(22,23)25;1-2;2-1-3/h3-6,16H,2,7-10,25H2,1H3;1-2H3;1H2. The van der Waals surface area contributed by atoms with Crippen molar-refractivity contribution in [2.45, 2.75) is 25.7 Å². The summed E-state index contributed by atoms with van der Waals surface area (Å²) in [7, 11) is -6.53. The number of benzene rings is 1. The average Bonchev–Trinajstić information content (AvgIpc) is 3.13. The number of piperazine rings is 1. The highest BCUT2D eigenvalue weighted by Gasteiger charge is 2.38. The lowest BCUT2D eigenvalue weighted by atomic mass is 10.2. The van der Waals surface area contributed by atoms with Crippen LogP contribution in [0.3, 0.4) is 0 Å². The molecule has 0 radical (unpaired) electrons. The van der Waals surface area contributed by atoms with Gasteiger partial charge in [0.25, 0.3) is 0 Å². The van der Waals surface area contributed by atoms with Crippen molar-refractivity contribution in [3.63, 3.8) is 0 Å². The van der Waals surface area contributed by atoms with Gasteiger partial charge in [-0.15, -0.1) is 23.2 Å². The van der Waals surface area contributed by atoms with Gasteiger partial charge in [-0.3, -0.25) is 0 Å². The fraction of sp³-hybridized carbons (Fsp3) is 0.500. The Kier molecular flexibility index (Phi) is 11.9. The molecule has 14 heteroatoms. The second-order valence-corrected chi connectivity index (χ2v) is 11.8. The van der Waals surface area contributed by atoms with E-state index in [1.165, 1.54) is 16.4 Å². The van der Waals surface area contributed by atoms with Crippen LogP contribution in [0, 0.1) is 0 Å². The summed E-state index contributed by atoms with van der Waals surface area (Å²) in [5.74, 6) is -1.01. The number of ether oxygens (including phenoxy) is 1. The van der Waals surface area contributed by atoms with Gasteiger partial charge in [0.05, 0.1) is 17.5 Å². The molecule has 1 aromatic heterocycles. The SMILES string of the molecule is CC.CCOC(=O)c1c(S(=O)(=O)N2CCNCC2)c2ccccc2n1S(=O)(=O)P.ClCCl. The molecule has 3 rings (SSSR count). The summed E-state index contributed by atoms with van der Waals surface area (Å²) in [4.78, 5) is 12.3. The molecule has 182 valence electrons. The van der Waals surface area contributed by atoms with Gasteiger partial charge in [-0.05, 0) is 13.0 Å². The third-order valence-electron chi connectivity index (χ3n) is 4.18. The maximum absolute atomic E-state index is 13.3. The quantitative estimate of drug-likeness (QED) is 0.347. The number of hydrogen-bond acceptors (Lipinski definition) is 7. The molecule has 0 amide bonds. The van der Waals surface area contributed by atoms with Crippen molar-refractivity contribution in [3.05, 3.63) is 30.0 Å². The van der Waals surface area contributed by atoms with E-state index in [4.69, 9.17) is 27.9 Å². The van der Waals surface area contributed by atoms with Crippen LogP contribution >= 0.6 is 31.6 Å². The molecule has 1 aliphatic rings. The molecule has 1 atom stereocenters.